The maximum atomic E-state index is 14.1. The van der Waals surface area contributed by atoms with Gasteiger partial charge in [0.2, 0.25) is 0 Å². The minimum atomic E-state index is -0.464. The highest BCUT2D eigenvalue weighted by atomic mass is 35.5. The summed E-state index contributed by atoms with van der Waals surface area (Å²) in [6.45, 7) is 5.38. The summed E-state index contributed by atoms with van der Waals surface area (Å²) in [5.41, 5.74) is 1.65. The predicted octanol–water partition coefficient (Wildman–Crippen LogP) is 4.36. The fourth-order valence-corrected chi connectivity index (χ4v) is 2.96. The second-order valence-electron chi connectivity index (χ2n) is 6.78. The maximum Gasteiger partial charge on any atom is 0.259 e. The number of rotatable bonds is 5. The van der Waals surface area contributed by atoms with Gasteiger partial charge in [0.05, 0.1) is 28.2 Å². The van der Waals surface area contributed by atoms with Crippen LogP contribution in [0.3, 0.4) is 0 Å². The SMILES string of the molecule is Cc1c(C(=O)Nc2cc(C(=O)NC(C)C)ccc2Cl)cnn1-c1ccccc1F. The summed E-state index contributed by atoms with van der Waals surface area (Å²) < 4.78 is 15.4. The van der Waals surface area contributed by atoms with Crippen LogP contribution in [0.4, 0.5) is 10.1 Å². The molecule has 0 fully saturated rings. The minimum absolute atomic E-state index is 0.0249. The third-order valence-electron chi connectivity index (χ3n) is 4.23. The summed E-state index contributed by atoms with van der Waals surface area (Å²) in [5.74, 6) is -1.18. The number of amides is 2. The van der Waals surface area contributed by atoms with Crippen LogP contribution in [0.5, 0.6) is 0 Å². The Morgan fingerprint density at radius 1 is 1.14 bits per heavy atom. The monoisotopic (exact) mass is 414 g/mol. The van der Waals surface area contributed by atoms with Crippen LogP contribution >= 0.6 is 11.6 Å². The topological polar surface area (TPSA) is 76.0 Å². The van der Waals surface area contributed by atoms with Crippen molar-refractivity contribution >= 4 is 29.1 Å². The number of carbonyl (C=O) groups excluding carboxylic acids is 2. The molecule has 0 bridgehead atoms. The van der Waals surface area contributed by atoms with Crippen LogP contribution in [0, 0.1) is 12.7 Å². The van der Waals surface area contributed by atoms with E-state index in [-0.39, 0.29) is 23.2 Å². The van der Waals surface area contributed by atoms with Crippen molar-refractivity contribution < 1.29 is 14.0 Å². The number of hydrogen-bond donors (Lipinski definition) is 2. The van der Waals surface area contributed by atoms with Gasteiger partial charge in [-0.25, -0.2) is 9.07 Å². The number of anilines is 1. The molecule has 0 radical (unpaired) electrons. The number of para-hydroxylation sites is 1. The highest BCUT2D eigenvalue weighted by molar-refractivity contribution is 6.34. The second kappa shape index (κ2) is 8.45. The molecule has 1 heterocycles. The maximum absolute atomic E-state index is 14.1. The first-order chi connectivity index (χ1) is 13.8. The van der Waals surface area contributed by atoms with Gasteiger partial charge in [0, 0.05) is 11.6 Å². The molecule has 2 aromatic carbocycles. The van der Waals surface area contributed by atoms with E-state index in [1.54, 1.807) is 37.3 Å². The van der Waals surface area contributed by atoms with Crippen LogP contribution in [0.1, 0.15) is 40.3 Å². The average Bonchev–Trinajstić information content (AvgIpc) is 3.04. The molecule has 8 heteroatoms. The Morgan fingerprint density at radius 2 is 1.86 bits per heavy atom. The van der Waals surface area contributed by atoms with Crippen LogP contribution in [-0.4, -0.2) is 27.6 Å². The number of nitrogens with zero attached hydrogens (tertiary/aromatic N) is 2. The summed E-state index contributed by atoms with van der Waals surface area (Å²) in [6.07, 6.45) is 1.36. The third-order valence-corrected chi connectivity index (χ3v) is 4.56. The molecule has 0 saturated carbocycles. The van der Waals surface area contributed by atoms with Crippen molar-refractivity contribution in [3.63, 3.8) is 0 Å². The smallest absolute Gasteiger partial charge is 0.259 e. The molecular formula is C21H20ClFN4O2. The fourth-order valence-electron chi connectivity index (χ4n) is 2.80. The minimum Gasteiger partial charge on any atom is -0.350 e. The van der Waals surface area contributed by atoms with Gasteiger partial charge in [-0.1, -0.05) is 23.7 Å². The van der Waals surface area contributed by atoms with E-state index in [1.807, 2.05) is 13.8 Å². The first-order valence-electron chi connectivity index (χ1n) is 8.99. The van der Waals surface area contributed by atoms with Crippen LogP contribution in [0.25, 0.3) is 5.69 Å². The lowest BCUT2D eigenvalue weighted by atomic mass is 10.1. The Kier molecular flexibility index (Phi) is 5.98. The molecule has 1 aromatic heterocycles. The number of carbonyl (C=O) groups is 2. The lowest BCUT2D eigenvalue weighted by Crippen LogP contribution is -2.30. The molecule has 150 valence electrons. The molecule has 3 rings (SSSR count). The number of hydrogen-bond acceptors (Lipinski definition) is 3. The van der Waals surface area contributed by atoms with Crippen LogP contribution < -0.4 is 10.6 Å². The zero-order valence-electron chi connectivity index (χ0n) is 16.2. The molecule has 0 aliphatic carbocycles. The summed E-state index contributed by atoms with van der Waals surface area (Å²) in [6, 6.07) is 10.8. The lowest BCUT2D eigenvalue weighted by molar-refractivity contribution is 0.0941. The van der Waals surface area contributed by atoms with E-state index in [0.29, 0.717) is 22.0 Å². The number of halogens is 2. The summed E-state index contributed by atoms with van der Waals surface area (Å²) in [7, 11) is 0. The van der Waals surface area contributed by atoms with E-state index in [4.69, 9.17) is 11.6 Å². The predicted molar refractivity (Wildman–Crippen MR) is 110 cm³/mol. The Hall–Kier alpha value is -3.19. The molecule has 3 aromatic rings. The van der Waals surface area contributed by atoms with Crippen molar-refractivity contribution in [1.29, 1.82) is 0 Å². The quantitative estimate of drug-likeness (QED) is 0.651. The Labute approximate surface area is 172 Å². The largest absolute Gasteiger partial charge is 0.350 e. The summed E-state index contributed by atoms with van der Waals surface area (Å²) >= 11 is 6.18. The Balaban J connectivity index is 1.86. The molecule has 0 spiro atoms. The van der Waals surface area contributed by atoms with Gasteiger partial charge in [-0.15, -0.1) is 0 Å². The second-order valence-corrected chi connectivity index (χ2v) is 7.19. The lowest BCUT2D eigenvalue weighted by Gasteiger charge is -2.12. The molecule has 0 saturated heterocycles. The molecule has 0 unspecified atom stereocenters. The normalized spacial score (nSPS) is 10.8. The molecule has 0 aliphatic rings. The van der Waals surface area contributed by atoms with Gasteiger partial charge in [-0.05, 0) is 51.1 Å². The fraction of sp³-hybridized carbons (Fsp3) is 0.190. The van der Waals surface area contributed by atoms with Crippen molar-refractivity contribution in [2.75, 3.05) is 5.32 Å². The van der Waals surface area contributed by atoms with E-state index < -0.39 is 11.7 Å². The van der Waals surface area contributed by atoms with Crippen LogP contribution in [-0.2, 0) is 0 Å². The molecule has 29 heavy (non-hydrogen) atoms. The van der Waals surface area contributed by atoms with Gasteiger partial charge in [0.25, 0.3) is 11.8 Å². The van der Waals surface area contributed by atoms with Crippen molar-refractivity contribution in [2.24, 2.45) is 0 Å². The van der Waals surface area contributed by atoms with Gasteiger partial charge in [0.15, 0.2) is 0 Å². The van der Waals surface area contributed by atoms with Crippen molar-refractivity contribution in [2.45, 2.75) is 26.8 Å². The number of benzene rings is 2. The van der Waals surface area contributed by atoms with Gasteiger partial charge < -0.3 is 10.6 Å². The van der Waals surface area contributed by atoms with Gasteiger partial charge >= 0.3 is 0 Å². The molecule has 0 atom stereocenters. The Bertz CT molecular complexity index is 1080. The molecule has 6 nitrogen and oxygen atoms in total. The van der Waals surface area contributed by atoms with Gasteiger partial charge in [-0.2, -0.15) is 5.10 Å². The average molecular weight is 415 g/mol. The number of aromatic nitrogens is 2. The van der Waals surface area contributed by atoms with E-state index >= 15 is 0 Å². The highest BCUT2D eigenvalue weighted by Gasteiger charge is 2.18. The standard InChI is InChI=1S/C21H20ClFN4O2/c1-12(2)25-20(28)14-8-9-16(22)18(10-14)26-21(29)15-11-24-27(13(15)3)19-7-5-4-6-17(19)23/h4-12H,1-3H3,(H,25,28)(H,26,29). The molecular weight excluding hydrogens is 395 g/mol. The van der Waals surface area contributed by atoms with E-state index in [0.717, 1.165) is 0 Å². The van der Waals surface area contributed by atoms with Crippen molar-refractivity contribution in [1.82, 2.24) is 15.1 Å². The zero-order valence-corrected chi connectivity index (χ0v) is 16.9. The van der Waals surface area contributed by atoms with Crippen molar-refractivity contribution in [3.05, 3.63) is 76.3 Å². The molecule has 2 amide bonds. The van der Waals surface area contributed by atoms with Crippen LogP contribution in [0.15, 0.2) is 48.7 Å². The molecule has 0 aliphatic heterocycles. The highest BCUT2D eigenvalue weighted by Crippen LogP contribution is 2.25. The third kappa shape index (κ3) is 4.46. The summed E-state index contributed by atoms with van der Waals surface area (Å²) in [5, 5.41) is 9.90. The van der Waals surface area contributed by atoms with Crippen LogP contribution in [0.2, 0.25) is 5.02 Å². The molecule has 2 N–H and O–H groups in total. The van der Waals surface area contributed by atoms with E-state index in [1.165, 1.54) is 23.0 Å². The zero-order chi connectivity index (χ0) is 21.1. The Morgan fingerprint density at radius 3 is 2.55 bits per heavy atom. The number of nitrogens with one attached hydrogen (secondary N) is 2. The first kappa shape index (κ1) is 20.5. The van der Waals surface area contributed by atoms with E-state index in [9.17, 15) is 14.0 Å². The first-order valence-corrected chi connectivity index (χ1v) is 9.37. The summed E-state index contributed by atoms with van der Waals surface area (Å²) in [4.78, 5) is 25.0. The van der Waals surface area contributed by atoms with Crippen molar-refractivity contribution in [3.8, 4) is 5.69 Å². The van der Waals surface area contributed by atoms with Gasteiger partial charge in [0.1, 0.15) is 11.5 Å². The van der Waals surface area contributed by atoms with E-state index in [2.05, 4.69) is 15.7 Å². The van der Waals surface area contributed by atoms with Gasteiger partial charge in [-0.3, -0.25) is 9.59 Å².